The molecule has 0 aromatic heterocycles. The fraction of sp³-hybridized carbons (Fsp3) is 0.158. The Morgan fingerprint density at radius 1 is 0.917 bits per heavy atom. The first kappa shape index (κ1) is 16.5. The molecule has 0 unspecified atom stereocenters. The number of fused-ring (bicyclic) bond motifs is 1. The summed E-state index contributed by atoms with van der Waals surface area (Å²) in [7, 11) is -0.376. The Morgan fingerprint density at radius 2 is 1.67 bits per heavy atom. The number of rotatable bonds is 5. The Hall–Kier alpha value is -2.37. The molecule has 4 nitrogen and oxygen atoms in total. The maximum absolute atomic E-state index is 12.8. The van der Waals surface area contributed by atoms with Crippen LogP contribution >= 0.6 is 0 Å². The van der Waals surface area contributed by atoms with Crippen molar-refractivity contribution < 1.29 is 13.2 Å². The van der Waals surface area contributed by atoms with E-state index in [0.29, 0.717) is 10.6 Å². The standard InChI is InChI=1S/C19H19NO3S/c1-20(14-15-6-5-9-18(12-15)23-2)24(21,22)19-11-10-16-7-3-4-8-17(16)13-19/h3-13H,14H2,1-2H3. The lowest BCUT2D eigenvalue weighted by Gasteiger charge is -2.18. The van der Waals surface area contributed by atoms with Gasteiger partial charge in [-0.25, -0.2) is 8.42 Å². The van der Waals surface area contributed by atoms with Gasteiger partial charge in [0.15, 0.2) is 0 Å². The maximum atomic E-state index is 12.8. The summed E-state index contributed by atoms with van der Waals surface area (Å²) < 4.78 is 32.2. The topological polar surface area (TPSA) is 46.6 Å². The van der Waals surface area contributed by atoms with Gasteiger partial charge in [0.05, 0.1) is 12.0 Å². The zero-order chi connectivity index (χ0) is 17.2. The highest BCUT2D eigenvalue weighted by Crippen LogP contribution is 2.23. The van der Waals surface area contributed by atoms with Crippen LogP contribution in [0.2, 0.25) is 0 Å². The van der Waals surface area contributed by atoms with Gasteiger partial charge in [0, 0.05) is 13.6 Å². The Balaban J connectivity index is 1.90. The highest BCUT2D eigenvalue weighted by molar-refractivity contribution is 7.89. The molecular weight excluding hydrogens is 322 g/mol. The van der Waals surface area contributed by atoms with E-state index in [0.717, 1.165) is 16.3 Å². The lowest BCUT2D eigenvalue weighted by atomic mass is 10.1. The van der Waals surface area contributed by atoms with Gasteiger partial charge in [0.2, 0.25) is 10.0 Å². The van der Waals surface area contributed by atoms with E-state index >= 15 is 0 Å². The Labute approximate surface area is 142 Å². The molecule has 0 N–H and O–H groups in total. The first-order chi connectivity index (χ1) is 11.5. The van der Waals surface area contributed by atoms with Crippen LogP contribution in [0.1, 0.15) is 5.56 Å². The van der Waals surface area contributed by atoms with Crippen molar-refractivity contribution in [1.82, 2.24) is 4.31 Å². The minimum atomic E-state index is -3.56. The van der Waals surface area contributed by atoms with Crippen LogP contribution in [-0.4, -0.2) is 26.9 Å². The fourth-order valence-corrected chi connectivity index (χ4v) is 3.82. The third-order valence-electron chi connectivity index (χ3n) is 3.97. The molecule has 0 aliphatic carbocycles. The molecule has 0 aliphatic rings. The molecule has 0 amide bonds. The van der Waals surface area contributed by atoms with Gasteiger partial charge in [-0.15, -0.1) is 0 Å². The van der Waals surface area contributed by atoms with E-state index in [-0.39, 0.29) is 6.54 Å². The van der Waals surface area contributed by atoms with Crippen LogP contribution in [0.5, 0.6) is 5.75 Å². The van der Waals surface area contributed by atoms with Crippen LogP contribution in [0.25, 0.3) is 10.8 Å². The van der Waals surface area contributed by atoms with Gasteiger partial charge in [0.25, 0.3) is 0 Å². The third kappa shape index (κ3) is 3.27. The summed E-state index contributed by atoms with van der Waals surface area (Å²) in [5, 5.41) is 1.93. The second-order valence-electron chi connectivity index (χ2n) is 5.62. The summed E-state index contributed by atoms with van der Waals surface area (Å²) in [5.41, 5.74) is 0.876. The maximum Gasteiger partial charge on any atom is 0.243 e. The summed E-state index contributed by atoms with van der Waals surface area (Å²) in [6.07, 6.45) is 0. The normalized spacial score (nSPS) is 11.8. The van der Waals surface area contributed by atoms with E-state index in [1.807, 2.05) is 54.6 Å². The van der Waals surface area contributed by atoms with Crippen LogP contribution in [0.4, 0.5) is 0 Å². The van der Waals surface area contributed by atoms with Crippen molar-refractivity contribution in [2.75, 3.05) is 14.2 Å². The molecule has 5 heteroatoms. The Bertz CT molecular complexity index is 967. The number of hydrogen-bond donors (Lipinski definition) is 0. The predicted octanol–water partition coefficient (Wildman–Crippen LogP) is 3.67. The minimum absolute atomic E-state index is 0.284. The summed E-state index contributed by atoms with van der Waals surface area (Å²) in [6, 6.07) is 20.3. The van der Waals surface area contributed by atoms with Crippen LogP contribution in [0.3, 0.4) is 0 Å². The van der Waals surface area contributed by atoms with Crippen molar-refractivity contribution in [3.05, 3.63) is 72.3 Å². The van der Waals surface area contributed by atoms with Crippen LogP contribution < -0.4 is 4.74 Å². The van der Waals surface area contributed by atoms with E-state index in [1.54, 1.807) is 26.3 Å². The molecule has 0 saturated heterocycles. The summed E-state index contributed by atoms with van der Waals surface area (Å²) in [6.45, 7) is 0.284. The number of methoxy groups -OCH3 is 1. The van der Waals surface area contributed by atoms with Gasteiger partial charge >= 0.3 is 0 Å². The highest BCUT2D eigenvalue weighted by Gasteiger charge is 2.21. The molecule has 124 valence electrons. The van der Waals surface area contributed by atoms with Crippen molar-refractivity contribution in [3.63, 3.8) is 0 Å². The lowest BCUT2D eigenvalue weighted by molar-refractivity contribution is 0.412. The number of benzene rings is 3. The fourth-order valence-electron chi connectivity index (χ4n) is 2.62. The van der Waals surface area contributed by atoms with Crippen molar-refractivity contribution >= 4 is 20.8 Å². The number of ether oxygens (including phenoxy) is 1. The van der Waals surface area contributed by atoms with Crippen LogP contribution in [0, 0.1) is 0 Å². The molecule has 0 bridgehead atoms. The van der Waals surface area contributed by atoms with Gasteiger partial charge in [-0.05, 0) is 40.6 Å². The largest absolute Gasteiger partial charge is 0.497 e. The molecule has 24 heavy (non-hydrogen) atoms. The molecule has 3 rings (SSSR count). The number of sulfonamides is 1. The van der Waals surface area contributed by atoms with Crippen molar-refractivity contribution in [3.8, 4) is 5.75 Å². The second kappa shape index (κ2) is 6.63. The molecule has 0 heterocycles. The van der Waals surface area contributed by atoms with E-state index in [1.165, 1.54) is 4.31 Å². The van der Waals surface area contributed by atoms with E-state index in [2.05, 4.69) is 0 Å². The van der Waals surface area contributed by atoms with E-state index < -0.39 is 10.0 Å². The smallest absolute Gasteiger partial charge is 0.243 e. The van der Waals surface area contributed by atoms with E-state index in [9.17, 15) is 8.42 Å². The van der Waals surface area contributed by atoms with Crippen LogP contribution in [-0.2, 0) is 16.6 Å². The highest BCUT2D eigenvalue weighted by atomic mass is 32.2. The monoisotopic (exact) mass is 341 g/mol. The van der Waals surface area contributed by atoms with Gasteiger partial charge in [-0.3, -0.25) is 0 Å². The van der Waals surface area contributed by atoms with Gasteiger partial charge in [0.1, 0.15) is 5.75 Å². The summed E-state index contributed by atoms with van der Waals surface area (Å²) in [4.78, 5) is 0.298. The van der Waals surface area contributed by atoms with Gasteiger partial charge in [-0.2, -0.15) is 4.31 Å². The Morgan fingerprint density at radius 3 is 2.42 bits per heavy atom. The Kier molecular flexibility index (Phi) is 4.55. The van der Waals surface area contributed by atoms with Crippen LogP contribution in [0.15, 0.2) is 71.6 Å². The van der Waals surface area contributed by atoms with Crippen molar-refractivity contribution in [2.45, 2.75) is 11.4 Å². The van der Waals surface area contributed by atoms with E-state index in [4.69, 9.17) is 4.74 Å². The zero-order valence-electron chi connectivity index (χ0n) is 13.6. The summed E-state index contributed by atoms with van der Waals surface area (Å²) in [5.74, 6) is 0.712. The van der Waals surface area contributed by atoms with Gasteiger partial charge in [-0.1, -0.05) is 42.5 Å². The molecule has 0 fully saturated rings. The number of nitrogens with zero attached hydrogens (tertiary/aromatic N) is 1. The molecule has 0 spiro atoms. The second-order valence-corrected chi connectivity index (χ2v) is 7.67. The first-order valence-electron chi connectivity index (χ1n) is 7.59. The predicted molar refractivity (Wildman–Crippen MR) is 95.6 cm³/mol. The van der Waals surface area contributed by atoms with Gasteiger partial charge < -0.3 is 4.74 Å². The van der Waals surface area contributed by atoms with Crippen molar-refractivity contribution in [1.29, 1.82) is 0 Å². The number of hydrogen-bond acceptors (Lipinski definition) is 3. The average molecular weight is 341 g/mol. The quantitative estimate of drug-likeness (QED) is 0.711. The zero-order valence-corrected chi connectivity index (χ0v) is 14.5. The molecular formula is C19H19NO3S. The molecule has 0 radical (unpaired) electrons. The van der Waals surface area contributed by atoms with Crippen molar-refractivity contribution in [2.24, 2.45) is 0 Å². The molecule has 0 saturated carbocycles. The summed E-state index contributed by atoms with van der Waals surface area (Å²) >= 11 is 0. The molecule has 3 aromatic carbocycles. The first-order valence-corrected chi connectivity index (χ1v) is 9.03. The third-order valence-corrected chi connectivity index (χ3v) is 5.77. The average Bonchev–Trinajstić information content (AvgIpc) is 2.61. The minimum Gasteiger partial charge on any atom is -0.497 e. The SMILES string of the molecule is COc1cccc(CN(C)S(=O)(=O)c2ccc3ccccc3c2)c1. The molecule has 0 aliphatic heterocycles. The molecule has 3 aromatic rings. The molecule has 0 atom stereocenters. The lowest BCUT2D eigenvalue weighted by Crippen LogP contribution is -2.26.